The predicted molar refractivity (Wildman–Crippen MR) is 167 cm³/mol. The maximum absolute atomic E-state index is 13.5. The van der Waals surface area contributed by atoms with E-state index in [2.05, 4.69) is 39.8 Å². The molecule has 0 radical (unpaired) electrons. The van der Waals surface area contributed by atoms with E-state index >= 15 is 0 Å². The normalized spacial score (nSPS) is 10.9. The van der Waals surface area contributed by atoms with Gasteiger partial charge in [0.15, 0.2) is 0 Å². The molecule has 2 N–H and O–H groups in total. The molecular weight excluding hydrogens is 539 g/mol. The van der Waals surface area contributed by atoms with Gasteiger partial charge in [0.05, 0.1) is 19.2 Å². The van der Waals surface area contributed by atoms with E-state index in [-0.39, 0.29) is 12.4 Å². The average molecular weight is 577 g/mol. The van der Waals surface area contributed by atoms with Gasteiger partial charge in [0.1, 0.15) is 41.8 Å². The lowest BCUT2D eigenvalue weighted by atomic mass is 10.1. The van der Waals surface area contributed by atoms with Crippen LogP contribution in [-0.2, 0) is 13.2 Å². The number of hydrogen-bond donors (Lipinski definition) is 3. The Bertz CT molecular complexity index is 1450. The van der Waals surface area contributed by atoms with E-state index in [0.29, 0.717) is 35.3 Å². The Morgan fingerprint density at radius 1 is 1.12 bits per heavy atom. The summed E-state index contributed by atoms with van der Waals surface area (Å²) in [7, 11) is 1.56. The number of aryl methyl sites for hydroxylation is 1. The van der Waals surface area contributed by atoms with Crippen LogP contribution in [0.3, 0.4) is 0 Å². The third kappa shape index (κ3) is 8.96. The van der Waals surface area contributed by atoms with Gasteiger partial charge in [-0.3, -0.25) is 0 Å². The van der Waals surface area contributed by atoms with E-state index in [1.54, 1.807) is 19.3 Å². The molecule has 0 aliphatic rings. The number of hydrogen-bond acceptors (Lipinski definition) is 8. The summed E-state index contributed by atoms with van der Waals surface area (Å²) < 4.78 is 30.9. The summed E-state index contributed by atoms with van der Waals surface area (Å²) >= 11 is 4.21. The molecule has 4 rings (SSSR count). The highest BCUT2D eigenvalue weighted by Gasteiger charge is 2.14. The molecule has 0 saturated heterocycles. The number of benzene rings is 2. The van der Waals surface area contributed by atoms with E-state index in [0.717, 1.165) is 40.4 Å². The number of furan rings is 1. The Morgan fingerprint density at radius 3 is 2.66 bits per heavy atom. The average Bonchev–Trinajstić information content (AvgIpc) is 3.46. The highest BCUT2D eigenvalue weighted by molar-refractivity contribution is 7.80. The highest BCUT2D eigenvalue weighted by atomic mass is 32.1. The fourth-order valence-electron chi connectivity index (χ4n) is 3.89. The number of rotatable bonds is 13. The molecule has 4 aromatic rings. The number of thiol groups is 1. The third-order valence-electron chi connectivity index (χ3n) is 5.82. The lowest BCUT2D eigenvalue weighted by molar-refractivity contribution is 0.303. The minimum atomic E-state index is -0.286. The molecule has 0 aliphatic heterocycles. The maximum Gasteiger partial charge on any atom is 0.225 e. The molecule has 0 spiro atoms. The summed E-state index contributed by atoms with van der Waals surface area (Å²) in [5, 5.41) is 6.62. The van der Waals surface area contributed by atoms with Crippen molar-refractivity contribution in [3.05, 3.63) is 108 Å². The van der Waals surface area contributed by atoms with E-state index in [9.17, 15) is 4.39 Å². The molecule has 9 heteroatoms. The largest absolute Gasteiger partial charge is 0.489 e. The van der Waals surface area contributed by atoms with Crippen molar-refractivity contribution >= 4 is 35.8 Å². The second-order valence-corrected chi connectivity index (χ2v) is 9.09. The van der Waals surface area contributed by atoms with Gasteiger partial charge in [-0.05, 0) is 66.6 Å². The van der Waals surface area contributed by atoms with Crippen LogP contribution in [0.1, 0.15) is 42.1 Å². The van der Waals surface area contributed by atoms with Crippen LogP contribution >= 0.6 is 12.6 Å². The van der Waals surface area contributed by atoms with Gasteiger partial charge in [0, 0.05) is 23.6 Å². The Balaban J connectivity index is 0.00000226. The molecular formula is C32H37FN4O3S. The SMILES string of the molecule is C=C/C(=C\c1c(Nc2ccc(OCc3cccc(F)c3)c(C)c2)ncnc1OC)c1ccc(CNCCS)o1.CC. The van der Waals surface area contributed by atoms with Crippen LogP contribution in [0.4, 0.5) is 15.9 Å². The van der Waals surface area contributed by atoms with Gasteiger partial charge in [0.2, 0.25) is 5.88 Å². The summed E-state index contributed by atoms with van der Waals surface area (Å²) in [5.74, 6) is 3.60. The van der Waals surface area contributed by atoms with Crippen molar-refractivity contribution in [2.75, 3.05) is 24.7 Å². The van der Waals surface area contributed by atoms with Crippen LogP contribution in [0.2, 0.25) is 0 Å². The molecule has 2 heterocycles. The first kappa shape index (κ1) is 31.4. The van der Waals surface area contributed by atoms with Gasteiger partial charge < -0.3 is 24.5 Å². The lowest BCUT2D eigenvalue weighted by Gasteiger charge is -2.14. The van der Waals surface area contributed by atoms with Crippen molar-refractivity contribution in [2.24, 2.45) is 0 Å². The monoisotopic (exact) mass is 576 g/mol. The standard InChI is InChI=1S/C30H31FN4O3S.C2H6/c1-4-22(28-11-9-25(38-28)17-32-12-13-39)16-26-29(33-19-34-30(26)36-3)35-24-8-10-27(20(2)14-24)37-18-21-6-5-7-23(31)15-21;1-2/h4-11,14-16,19,32,39H,1,12-13,17-18H2,2-3H3,(H,33,34,35);1-2H3/b22-16+;. The second-order valence-electron chi connectivity index (χ2n) is 8.64. The van der Waals surface area contributed by atoms with Crippen LogP contribution in [0.15, 0.2) is 78.0 Å². The number of ether oxygens (including phenoxy) is 2. The number of halogens is 1. The second kappa shape index (κ2) is 16.2. The first-order chi connectivity index (χ1) is 20.0. The zero-order valence-electron chi connectivity index (χ0n) is 23.9. The van der Waals surface area contributed by atoms with Crippen LogP contribution < -0.4 is 20.1 Å². The number of allylic oxidation sites excluding steroid dienone is 2. The van der Waals surface area contributed by atoms with Gasteiger partial charge in [-0.15, -0.1) is 0 Å². The number of aromatic nitrogens is 2. The number of anilines is 2. The van der Waals surface area contributed by atoms with Crippen LogP contribution in [0, 0.1) is 12.7 Å². The molecule has 2 aromatic carbocycles. The molecule has 7 nitrogen and oxygen atoms in total. The van der Waals surface area contributed by atoms with Gasteiger partial charge in [-0.25, -0.2) is 14.4 Å². The summed E-state index contributed by atoms with van der Waals surface area (Å²) in [6.45, 7) is 11.6. The fourth-order valence-corrected chi connectivity index (χ4v) is 4.05. The number of nitrogens with zero attached hydrogens (tertiary/aromatic N) is 2. The Kier molecular flexibility index (Phi) is 12.5. The van der Waals surface area contributed by atoms with Gasteiger partial charge in [-0.2, -0.15) is 12.6 Å². The molecule has 0 aliphatic carbocycles. The molecule has 2 aromatic heterocycles. The van der Waals surface area contributed by atoms with Crippen LogP contribution in [0.5, 0.6) is 11.6 Å². The van der Waals surface area contributed by atoms with Crippen molar-refractivity contribution in [3.63, 3.8) is 0 Å². The highest BCUT2D eigenvalue weighted by Crippen LogP contribution is 2.32. The van der Waals surface area contributed by atoms with Crippen molar-refractivity contribution in [3.8, 4) is 11.6 Å². The Labute approximate surface area is 246 Å². The fraction of sp³-hybridized carbons (Fsp3) is 0.250. The number of nitrogens with one attached hydrogen (secondary N) is 2. The zero-order chi connectivity index (χ0) is 29.6. The molecule has 0 fully saturated rings. The minimum Gasteiger partial charge on any atom is -0.489 e. The Hall–Kier alpha value is -4.08. The molecule has 0 saturated carbocycles. The minimum absolute atomic E-state index is 0.271. The van der Waals surface area contributed by atoms with Gasteiger partial charge in [0.25, 0.3) is 0 Å². The number of methoxy groups -OCH3 is 1. The summed E-state index contributed by atoms with van der Waals surface area (Å²) in [5.41, 5.74) is 3.87. The summed E-state index contributed by atoms with van der Waals surface area (Å²) in [6, 6.07) is 15.9. The first-order valence-electron chi connectivity index (χ1n) is 13.4. The van der Waals surface area contributed by atoms with E-state index in [1.807, 2.05) is 63.2 Å². The quantitative estimate of drug-likeness (QED) is 0.0858. The summed E-state index contributed by atoms with van der Waals surface area (Å²) in [6.07, 6.45) is 5.03. The molecule has 0 unspecified atom stereocenters. The topological polar surface area (TPSA) is 81.4 Å². The van der Waals surface area contributed by atoms with Crippen molar-refractivity contribution in [2.45, 2.75) is 33.9 Å². The zero-order valence-corrected chi connectivity index (χ0v) is 24.8. The van der Waals surface area contributed by atoms with Crippen molar-refractivity contribution in [1.29, 1.82) is 0 Å². The molecule has 216 valence electrons. The van der Waals surface area contributed by atoms with Crippen LogP contribution in [0.25, 0.3) is 11.6 Å². The third-order valence-corrected chi connectivity index (χ3v) is 6.04. The Morgan fingerprint density at radius 2 is 1.95 bits per heavy atom. The summed E-state index contributed by atoms with van der Waals surface area (Å²) in [4.78, 5) is 8.74. The predicted octanol–water partition coefficient (Wildman–Crippen LogP) is 7.62. The van der Waals surface area contributed by atoms with E-state index in [4.69, 9.17) is 13.9 Å². The molecule has 0 atom stereocenters. The molecule has 41 heavy (non-hydrogen) atoms. The first-order valence-corrected chi connectivity index (χ1v) is 14.0. The van der Waals surface area contributed by atoms with Crippen LogP contribution in [-0.4, -0.2) is 29.4 Å². The molecule has 0 amide bonds. The van der Waals surface area contributed by atoms with Gasteiger partial charge >= 0.3 is 0 Å². The lowest BCUT2D eigenvalue weighted by Crippen LogP contribution is -2.15. The molecule has 0 bridgehead atoms. The maximum atomic E-state index is 13.5. The smallest absolute Gasteiger partial charge is 0.225 e. The van der Waals surface area contributed by atoms with Crippen molar-refractivity contribution in [1.82, 2.24) is 15.3 Å². The van der Waals surface area contributed by atoms with E-state index < -0.39 is 0 Å². The van der Waals surface area contributed by atoms with Crippen molar-refractivity contribution < 1.29 is 18.3 Å². The van der Waals surface area contributed by atoms with E-state index in [1.165, 1.54) is 18.5 Å². The van der Waals surface area contributed by atoms with Gasteiger partial charge in [-0.1, -0.05) is 38.6 Å².